The standard InChI is InChI=1S/C18H13N3O4/c1-11-8-15(17(21(24)25)10-16(11)20(22)23)18(19)14-7-6-12-4-2-3-5-13(12)9-14/h2-10,19H,1H3. The van der Waals surface area contributed by atoms with Crippen LogP contribution < -0.4 is 0 Å². The van der Waals surface area contributed by atoms with E-state index in [4.69, 9.17) is 5.41 Å². The van der Waals surface area contributed by atoms with Crippen LogP contribution in [-0.4, -0.2) is 15.6 Å². The van der Waals surface area contributed by atoms with E-state index in [9.17, 15) is 20.2 Å². The van der Waals surface area contributed by atoms with Crippen LogP contribution in [0.15, 0.2) is 54.6 Å². The lowest BCUT2D eigenvalue weighted by atomic mass is 9.96. The van der Waals surface area contributed by atoms with E-state index in [0.29, 0.717) is 5.56 Å². The predicted octanol–water partition coefficient (Wildman–Crippen LogP) is 4.38. The molecule has 0 radical (unpaired) electrons. The largest absolute Gasteiger partial charge is 0.299 e. The summed E-state index contributed by atoms with van der Waals surface area (Å²) >= 11 is 0. The first-order valence-electron chi connectivity index (χ1n) is 7.40. The molecule has 0 aliphatic heterocycles. The van der Waals surface area contributed by atoms with Crippen molar-refractivity contribution >= 4 is 27.9 Å². The van der Waals surface area contributed by atoms with Crippen molar-refractivity contribution in [1.29, 1.82) is 5.41 Å². The maximum atomic E-state index is 11.3. The second kappa shape index (κ2) is 6.12. The fraction of sp³-hybridized carbons (Fsp3) is 0.0556. The molecular formula is C18H13N3O4. The van der Waals surface area contributed by atoms with Crippen molar-refractivity contribution in [2.24, 2.45) is 0 Å². The molecule has 3 rings (SSSR count). The minimum Gasteiger partial charge on any atom is -0.299 e. The van der Waals surface area contributed by atoms with E-state index in [0.717, 1.165) is 16.8 Å². The highest BCUT2D eigenvalue weighted by Crippen LogP contribution is 2.30. The van der Waals surface area contributed by atoms with Crippen molar-refractivity contribution in [3.8, 4) is 0 Å². The fourth-order valence-electron chi connectivity index (χ4n) is 2.73. The molecule has 0 aliphatic carbocycles. The summed E-state index contributed by atoms with van der Waals surface area (Å²) in [6.07, 6.45) is 0. The molecule has 25 heavy (non-hydrogen) atoms. The molecule has 0 atom stereocenters. The van der Waals surface area contributed by atoms with Gasteiger partial charge in [0, 0.05) is 11.1 Å². The van der Waals surface area contributed by atoms with Gasteiger partial charge in [0.1, 0.15) is 0 Å². The Hall–Kier alpha value is -3.61. The van der Waals surface area contributed by atoms with Crippen LogP contribution in [0, 0.1) is 32.6 Å². The number of rotatable bonds is 4. The Kier molecular flexibility index (Phi) is 3.98. The highest BCUT2D eigenvalue weighted by Gasteiger charge is 2.25. The number of fused-ring (bicyclic) bond motifs is 1. The number of nitrogens with one attached hydrogen (secondary N) is 1. The summed E-state index contributed by atoms with van der Waals surface area (Å²) in [7, 11) is 0. The lowest BCUT2D eigenvalue weighted by Gasteiger charge is -2.08. The van der Waals surface area contributed by atoms with Gasteiger partial charge in [0.05, 0.1) is 27.2 Å². The first-order valence-corrected chi connectivity index (χ1v) is 7.40. The van der Waals surface area contributed by atoms with E-state index in [1.165, 1.54) is 13.0 Å². The highest BCUT2D eigenvalue weighted by molar-refractivity contribution is 6.14. The van der Waals surface area contributed by atoms with Crippen LogP contribution >= 0.6 is 0 Å². The zero-order chi connectivity index (χ0) is 18.1. The molecule has 0 unspecified atom stereocenters. The van der Waals surface area contributed by atoms with Crippen LogP contribution in [0.4, 0.5) is 11.4 Å². The maximum absolute atomic E-state index is 11.3. The smallest absolute Gasteiger partial charge is 0.285 e. The summed E-state index contributed by atoms with van der Waals surface area (Å²) in [5.41, 5.74) is 0.0160. The van der Waals surface area contributed by atoms with E-state index in [-0.39, 0.29) is 22.5 Å². The number of benzene rings is 3. The van der Waals surface area contributed by atoms with Crippen LogP contribution in [0.1, 0.15) is 16.7 Å². The third-order valence-electron chi connectivity index (χ3n) is 4.02. The molecule has 3 aromatic carbocycles. The Morgan fingerprint density at radius 2 is 1.52 bits per heavy atom. The van der Waals surface area contributed by atoms with E-state index in [1.807, 2.05) is 30.3 Å². The summed E-state index contributed by atoms with van der Waals surface area (Å²) in [5, 5.41) is 32.6. The van der Waals surface area contributed by atoms with Gasteiger partial charge in [-0.3, -0.25) is 25.6 Å². The van der Waals surface area contributed by atoms with Gasteiger partial charge < -0.3 is 0 Å². The Labute approximate surface area is 142 Å². The Bertz CT molecular complexity index is 1040. The number of nitro benzene ring substituents is 2. The lowest BCUT2D eigenvalue weighted by Crippen LogP contribution is -2.07. The minimum atomic E-state index is -0.697. The molecule has 3 aromatic rings. The van der Waals surface area contributed by atoms with E-state index in [2.05, 4.69) is 0 Å². The maximum Gasteiger partial charge on any atom is 0.285 e. The third kappa shape index (κ3) is 2.94. The van der Waals surface area contributed by atoms with Crippen molar-refractivity contribution in [3.63, 3.8) is 0 Å². The summed E-state index contributed by atoms with van der Waals surface area (Å²) in [5.74, 6) is 0. The lowest BCUT2D eigenvalue weighted by molar-refractivity contribution is -0.394. The predicted molar refractivity (Wildman–Crippen MR) is 94.4 cm³/mol. The van der Waals surface area contributed by atoms with Gasteiger partial charge in [-0.1, -0.05) is 36.4 Å². The van der Waals surface area contributed by atoms with Crippen LogP contribution in [0.25, 0.3) is 10.8 Å². The van der Waals surface area contributed by atoms with Crippen molar-refractivity contribution in [2.75, 3.05) is 0 Å². The van der Waals surface area contributed by atoms with Crippen LogP contribution in [0.2, 0.25) is 0 Å². The summed E-state index contributed by atoms with van der Waals surface area (Å²) in [6.45, 7) is 1.50. The Morgan fingerprint density at radius 3 is 2.16 bits per heavy atom. The monoisotopic (exact) mass is 335 g/mol. The Morgan fingerprint density at radius 1 is 0.880 bits per heavy atom. The molecule has 0 saturated carbocycles. The number of nitro groups is 2. The molecule has 0 aliphatic rings. The van der Waals surface area contributed by atoms with Crippen molar-refractivity contribution in [2.45, 2.75) is 6.92 Å². The van der Waals surface area contributed by atoms with Gasteiger partial charge in [-0.2, -0.15) is 0 Å². The SMILES string of the molecule is Cc1cc(C(=N)c2ccc3ccccc3c2)c([N+](=O)[O-])cc1[N+](=O)[O-]. The first-order chi connectivity index (χ1) is 11.9. The molecule has 7 nitrogen and oxygen atoms in total. The molecule has 0 heterocycles. The van der Waals surface area contributed by atoms with E-state index in [1.54, 1.807) is 12.1 Å². The molecule has 0 aromatic heterocycles. The molecule has 124 valence electrons. The average Bonchev–Trinajstić information content (AvgIpc) is 2.59. The number of hydrogen-bond donors (Lipinski definition) is 1. The minimum absolute atomic E-state index is 0.0459. The number of nitrogens with zero attached hydrogens (tertiary/aromatic N) is 2. The van der Waals surface area contributed by atoms with E-state index >= 15 is 0 Å². The summed E-state index contributed by atoms with van der Waals surface area (Å²) in [4.78, 5) is 21.0. The van der Waals surface area contributed by atoms with Gasteiger partial charge in [0.2, 0.25) is 0 Å². The normalized spacial score (nSPS) is 10.6. The summed E-state index contributed by atoms with van der Waals surface area (Å²) in [6, 6.07) is 15.2. The molecule has 0 bridgehead atoms. The zero-order valence-corrected chi connectivity index (χ0v) is 13.2. The van der Waals surface area contributed by atoms with Crippen molar-refractivity contribution < 1.29 is 9.85 Å². The quantitative estimate of drug-likeness (QED) is 0.433. The van der Waals surface area contributed by atoms with Crippen LogP contribution in [0.3, 0.4) is 0 Å². The average molecular weight is 335 g/mol. The van der Waals surface area contributed by atoms with E-state index < -0.39 is 15.5 Å². The number of aryl methyl sites for hydroxylation is 1. The van der Waals surface area contributed by atoms with Gasteiger partial charge in [0.15, 0.2) is 0 Å². The Balaban J connectivity index is 2.16. The van der Waals surface area contributed by atoms with Gasteiger partial charge in [-0.25, -0.2) is 0 Å². The molecule has 0 amide bonds. The van der Waals surface area contributed by atoms with Crippen LogP contribution in [0.5, 0.6) is 0 Å². The third-order valence-corrected chi connectivity index (χ3v) is 4.02. The molecule has 0 spiro atoms. The second-order valence-electron chi connectivity index (χ2n) is 5.61. The fourth-order valence-corrected chi connectivity index (χ4v) is 2.73. The summed E-state index contributed by atoms with van der Waals surface area (Å²) < 4.78 is 0. The second-order valence-corrected chi connectivity index (χ2v) is 5.61. The molecule has 7 heteroatoms. The van der Waals surface area contributed by atoms with Crippen molar-refractivity contribution in [1.82, 2.24) is 0 Å². The van der Waals surface area contributed by atoms with Gasteiger partial charge in [-0.05, 0) is 29.8 Å². The molecule has 1 N–H and O–H groups in total. The first kappa shape index (κ1) is 16.3. The molecular weight excluding hydrogens is 322 g/mol. The topological polar surface area (TPSA) is 110 Å². The molecule has 0 saturated heterocycles. The highest BCUT2D eigenvalue weighted by atomic mass is 16.6. The van der Waals surface area contributed by atoms with Gasteiger partial charge in [0.25, 0.3) is 11.4 Å². The van der Waals surface area contributed by atoms with Crippen molar-refractivity contribution in [3.05, 3.63) is 91.5 Å². The van der Waals surface area contributed by atoms with Crippen LogP contribution in [-0.2, 0) is 0 Å². The number of hydrogen-bond acceptors (Lipinski definition) is 5. The zero-order valence-electron chi connectivity index (χ0n) is 13.2. The van der Waals surface area contributed by atoms with Gasteiger partial charge in [-0.15, -0.1) is 0 Å². The van der Waals surface area contributed by atoms with Gasteiger partial charge >= 0.3 is 0 Å². The molecule has 0 fully saturated rings.